The Bertz CT molecular complexity index is 1200. The van der Waals surface area contributed by atoms with Crippen molar-refractivity contribution in [1.82, 2.24) is 15.0 Å². The Balaban J connectivity index is 1.61. The number of rotatable bonds is 5. The second kappa shape index (κ2) is 8.10. The van der Waals surface area contributed by atoms with Crippen molar-refractivity contribution in [2.24, 2.45) is 0 Å². The Labute approximate surface area is 175 Å². The van der Waals surface area contributed by atoms with Gasteiger partial charge in [0.1, 0.15) is 5.01 Å². The minimum Gasteiger partial charge on any atom is -0.258 e. The van der Waals surface area contributed by atoms with E-state index in [2.05, 4.69) is 40.9 Å². The maximum Gasteiger partial charge on any atom is 0.283 e. The molecule has 4 aromatic rings. The molecule has 0 spiro atoms. The molecule has 8 heteroatoms. The fourth-order valence-corrected chi connectivity index (χ4v) is 4.49. The van der Waals surface area contributed by atoms with Crippen molar-refractivity contribution in [2.45, 2.75) is 23.9 Å². The first-order chi connectivity index (χ1) is 14.0. The maximum absolute atomic E-state index is 11.5. The lowest BCUT2D eigenvalue weighted by atomic mass is 10.1. The van der Waals surface area contributed by atoms with E-state index in [0.29, 0.717) is 10.1 Å². The second-order valence-corrected chi connectivity index (χ2v) is 8.48. The quantitative estimate of drug-likeness (QED) is 0.226. The van der Waals surface area contributed by atoms with Gasteiger partial charge in [-0.25, -0.2) is 15.0 Å². The monoisotopic (exact) mass is 420 g/mol. The average molecular weight is 421 g/mol. The summed E-state index contributed by atoms with van der Waals surface area (Å²) in [6.45, 7) is 4.16. The standard InChI is InChI=1S/C21H16N4O2S2/c1-13-10-16-19(11-14(13)2)28-20(24-16)7-5-15-4-6-18(17(12-15)25(26)27)29-21-22-8-3-9-23-21/h3-12H,1-2H3/b7-5+. The minimum atomic E-state index is -0.383. The predicted octanol–water partition coefficient (Wildman–Crippen LogP) is 5.93. The number of benzene rings is 2. The van der Waals surface area contributed by atoms with Gasteiger partial charge in [0.05, 0.1) is 20.0 Å². The van der Waals surface area contributed by atoms with Crippen molar-refractivity contribution in [2.75, 3.05) is 0 Å². The van der Waals surface area contributed by atoms with Gasteiger partial charge >= 0.3 is 0 Å². The molecule has 4 rings (SSSR count). The highest BCUT2D eigenvalue weighted by Gasteiger charge is 2.16. The molecule has 0 aliphatic heterocycles. The van der Waals surface area contributed by atoms with Crippen molar-refractivity contribution < 1.29 is 4.92 Å². The highest BCUT2D eigenvalue weighted by atomic mass is 32.2. The van der Waals surface area contributed by atoms with Gasteiger partial charge in [-0.05, 0) is 72.6 Å². The van der Waals surface area contributed by atoms with Crippen molar-refractivity contribution in [3.63, 3.8) is 0 Å². The van der Waals surface area contributed by atoms with Crippen LogP contribution in [0.3, 0.4) is 0 Å². The van der Waals surface area contributed by atoms with Crippen LogP contribution in [0.25, 0.3) is 22.4 Å². The number of thiazole rings is 1. The average Bonchev–Trinajstić information content (AvgIpc) is 3.09. The van der Waals surface area contributed by atoms with E-state index in [1.807, 2.05) is 18.2 Å². The number of aryl methyl sites for hydroxylation is 2. The van der Waals surface area contributed by atoms with Gasteiger partial charge in [-0.2, -0.15) is 0 Å². The zero-order chi connectivity index (χ0) is 20.4. The Morgan fingerprint density at radius 3 is 2.59 bits per heavy atom. The first kappa shape index (κ1) is 19.2. The van der Waals surface area contributed by atoms with Crippen molar-refractivity contribution >= 4 is 51.2 Å². The minimum absolute atomic E-state index is 0.0279. The highest BCUT2D eigenvalue weighted by Crippen LogP contribution is 2.34. The van der Waals surface area contributed by atoms with Crippen LogP contribution in [0, 0.1) is 24.0 Å². The van der Waals surface area contributed by atoms with Gasteiger partial charge in [0.25, 0.3) is 5.69 Å². The van der Waals surface area contributed by atoms with Gasteiger partial charge in [0, 0.05) is 18.5 Å². The molecular weight excluding hydrogens is 404 g/mol. The number of nitro benzene ring substituents is 1. The van der Waals surface area contributed by atoms with E-state index in [9.17, 15) is 10.1 Å². The smallest absolute Gasteiger partial charge is 0.258 e. The van der Waals surface area contributed by atoms with Gasteiger partial charge < -0.3 is 0 Å². The third-order valence-corrected chi connectivity index (χ3v) is 6.30. The largest absolute Gasteiger partial charge is 0.283 e. The molecule has 0 saturated heterocycles. The molecule has 0 N–H and O–H groups in total. The molecule has 0 radical (unpaired) electrons. The highest BCUT2D eigenvalue weighted by molar-refractivity contribution is 7.99. The molecule has 0 atom stereocenters. The Kier molecular flexibility index (Phi) is 5.37. The summed E-state index contributed by atoms with van der Waals surface area (Å²) in [7, 11) is 0. The van der Waals surface area contributed by atoms with Crippen molar-refractivity contribution in [3.05, 3.63) is 80.6 Å². The summed E-state index contributed by atoms with van der Waals surface area (Å²) in [5, 5.41) is 12.9. The number of hydrogen-bond donors (Lipinski definition) is 0. The van der Waals surface area contributed by atoms with Crippen LogP contribution in [-0.2, 0) is 0 Å². The van der Waals surface area contributed by atoms with Gasteiger partial charge in [-0.3, -0.25) is 10.1 Å². The molecule has 0 fully saturated rings. The third-order valence-electron chi connectivity index (χ3n) is 4.36. The summed E-state index contributed by atoms with van der Waals surface area (Å²) in [6, 6.07) is 11.1. The molecular formula is C21H16N4O2S2. The number of nitrogens with zero attached hydrogens (tertiary/aromatic N) is 4. The molecule has 6 nitrogen and oxygen atoms in total. The molecule has 0 unspecified atom stereocenters. The van der Waals surface area contributed by atoms with Crippen LogP contribution in [0.15, 0.2) is 58.8 Å². The Hall–Kier alpha value is -3.10. The van der Waals surface area contributed by atoms with Crippen LogP contribution in [0.5, 0.6) is 0 Å². The number of aromatic nitrogens is 3. The molecule has 29 heavy (non-hydrogen) atoms. The van der Waals surface area contributed by atoms with E-state index >= 15 is 0 Å². The maximum atomic E-state index is 11.5. The van der Waals surface area contributed by atoms with Gasteiger partial charge in [0.2, 0.25) is 0 Å². The van der Waals surface area contributed by atoms with E-state index in [0.717, 1.165) is 20.8 Å². The van der Waals surface area contributed by atoms with Crippen LogP contribution >= 0.6 is 23.1 Å². The molecule has 0 saturated carbocycles. The topological polar surface area (TPSA) is 81.8 Å². The van der Waals surface area contributed by atoms with Gasteiger partial charge in [0.15, 0.2) is 5.16 Å². The number of nitro groups is 1. The molecule has 0 aliphatic carbocycles. The van der Waals surface area contributed by atoms with Gasteiger partial charge in [-0.1, -0.05) is 12.1 Å². The zero-order valence-corrected chi connectivity index (χ0v) is 17.3. The van der Waals surface area contributed by atoms with Crippen molar-refractivity contribution in [1.29, 1.82) is 0 Å². The van der Waals surface area contributed by atoms with Crippen LogP contribution < -0.4 is 0 Å². The Morgan fingerprint density at radius 2 is 1.83 bits per heavy atom. The lowest BCUT2D eigenvalue weighted by molar-refractivity contribution is -0.387. The molecule has 2 aromatic heterocycles. The Morgan fingerprint density at radius 1 is 1.07 bits per heavy atom. The van der Waals surface area contributed by atoms with E-state index in [4.69, 9.17) is 0 Å². The summed E-state index contributed by atoms with van der Waals surface area (Å²) >= 11 is 2.78. The summed E-state index contributed by atoms with van der Waals surface area (Å²) in [5.74, 6) is 0. The fraction of sp³-hybridized carbons (Fsp3) is 0.0952. The first-order valence-corrected chi connectivity index (χ1v) is 10.4. The summed E-state index contributed by atoms with van der Waals surface area (Å²) in [5.41, 5.74) is 4.19. The molecule has 0 bridgehead atoms. The summed E-state index contributed by atoms with van der Waals surface area (Å²) in [4.78, 5) is 24.5. The van der Waals surface area contributed by atoms with Crippen molar-refractivity contribution in [3.8, 4) is 0 Å². The molecule has 0 aliphatic rings. The molecule has 144 valence electrons. The van der Waals surface area contributed by atoms with E-state index in [-0.39, 0.29) is 10.6 Å². The molecule has 0 amide bonds. The lowest BCUT2D eigenvalue weighted by Crippen LogP contribution is -1.93. The first-order valence-electron chi connectivity index (χ1n) is 8.79. The summed E-state index contributed by atoms with van der Waals surface area (Å²) in [6.07, 6.45) is 6.96. The zero-order valence-electron chi connectivity index (χ0n) is 15.7. The van der Waals surface area contributed by atoms with E-state index < -0.39 is 0 Å². The van der Waals surface area contributed by atoms with Crippen LogP contribution in [0.4, 0.5) is 5.69 Å². The fourth-order valence-electron chi connectivity index (χ4n) is 2.74. The van der Waals surface area contributed by atoms with E-state index in [1.165, 1.54) is 22.9 Å². The normalized spacial score (nSPS) is 11.4. The molecule has 2 heterocycles. The number of fused-ring (bicyclic) bond motifs is 1. The summed E-state index contributed by atoms with van der Waals surface area (Å²) < 4.78 is 1.13. The number of hydrogen-bond acceptors (Lipinski definition) is 7. The predicted molar refractivity (Wildman–Crippen MR) is 117 cm³/mol. The lowest BCUT2D eigenvalue weighted by Gasteiger charge is -2.02. The molecule has 2 aromatic carbocycles. The van der Waals surface area contributed by atoms with E-state index in [1.54, 1.807) is 41.9 Å². The second-order valence-electron chi connectivity index (χ2n) is 6.41. The van der Waals surface area contributed by atoms with Crippen LogP contribution in [-0.4, -0.2) is 19.9 Å². The van der Waals surface area contributed by atoms with Gasteiger partial charge in [-0.15, -0.1) is 11.3 Å². The van der Waals surface area contributed by atoms with Crippen LogP contribution in [0.1, 0.15) is 21.7 Å². The third kappa shape index (κ3) is 4.33. The SMILES string of the molecule is Cc1cc2nc(/C=C/c3ccc(Sc4ncccn4)c([N+](=O)[O-])c3)sc2cc1C. The van der Waals surface area contributed by atoms with Crippen LogP contribution in [0.2, 0.25) is 0 Å².